The first-order chi connectivity index (χ1) is 14.1. The number of sulfonamides is 1. The summed E-state index contributed by atoms with van der Waals surface area (Å²) in [7, 11) is -0.539. The van der Waals surface area contributed by atoms with Gasteiger partial charge in [0.25, 0.3) is 5.91 Å². The Bertz CT molecular complexity index is 1010. The Hall–Kier alpha value is -2.52. The Morgan fingerprint density at radius 1 is 1.03 bits per heavy atom. The van der Waals surface area contributed by atoms with Gasteiger partial charge < -0.3 is 9.80 Å². The zero-order valence-corrected chi connectivity index (χ0v) is 19.0. The van der Waals surface area contributed by atoms with Crippen LogP contribution in [0.1, 0.15) is 41.6 Å². The summed E-state index contributed by atoms with van der Waals surface area (Å²) in [4.78, 5) is 26.2. The van der Waals surface area contributed by atoms with Gasteiger partial charge >= 0.3 is 0 Å². The molecular weight excluding hydrogens is 402 g/mol. The van der Waals surface area contributed by atoms with E-state index in [1.165, 1.54) is 26.2 Å². The highest BCUT2D eigenvalue weighted by atomic mass is 32.2. The minimum Gasteiger partial charge on any atom is -0.353 e. The first kappa shape index (κ1) is 22.2. The molecule has 1 saturated heterocycles. The van der Waals surface area contributed by atoms with Crippen LogP contribution in [0.4, 0.5) is 5.82 Å². The van der Waals surface area contributed by atoms with Crippen LogP contribution in [0.2, 0.25) is 0 Å². The number of piperazine rings is 1. The lowest BCUT2D eigenvalue weighted by Crippen LogP contribution is -2.49. The van der Waals surface area contributed by atoms with Crippen LogP contribution in [0.25, 0.3) is 0 Å². The van der Waals surface area contributed by atoms with Gasteiger partial charge in [0.15, 0.2) is 0 Å². The predicted octanol–water partition coefficient (Wildman–Crippen LogP) is 2.12. The lowest BCUT2D eigenvalue weighted by atomic mass is 10.1. The molecule has 0 spiro atoms. The van der Waals surface area contributed by atoms with Crippen LogP contribution in [0, 0.1) is 6.92 Å². The van der Waals surface area contributed by atoms with Gasteiger partial charge in [-0.25, -0.2) is 22.7 Å². The monoisotopic (exact) mass is 431 g/mol. The fourth-order valence-electron chi connectivity index (χ4n) is 3.30. The highest BCUT2D eigenvalue weighted by Gasteiger charge is 2.24. The molecule has 3 rings (SSSR count). The van der Waals surface area contributed by atoms with Crippen LogP contribution in [-0.2, 0) is 10.0 Å². The first-order valence-electron chi connectivity index (χ1n) is 10.0. The molecule has 9 heteroatoms. The number of aryl methyl sites for hydroxylation is 1. The third-order valence-electron chi connectivity index (χ3n) is 5.15. The van der Waals surface area contributed by atoms with Crippen molar-refractivity contribution in [2.45, 2.75) is 31.6 Å². The van der Waals surface area contributed by atoms with E-state index in [4.69, 9.17) is 0 Å². The van der Waals surface area contributed by atoms with Crippen LogP contribution in [-0.4, -0.2) is 73.8 Å². The second-order valence-corrected chi connectivity index (χ2v) is 10.1. The number of amides is 1. The van der Waals surface area contributed by atoms with Gasteiger partial charge in [-0.1, -0.05) is 13.8 Å². The van der Waals surface area contributed by atoms with Crippen LogP contribution in [0.5, 0.6) is 0 Å². The van der Waals surface area contributed by atoms with Crippen LogP contribution >= 0.6 is 0 Å². The number of rotatable bonds is 5. The Kier molecular flexibility index (Phi) is 6.42. The number of aromatic nitrogens is 2. The highest BCUT2D eigenvalue weighted by molar-refractivity contribution is 7.89. The maximum Gasteiger partial charge on any atom is 0.253 e. The summed E-state index contributed by atoms with van der Waals surface area (Å²) < 4.78 is 25.5. The lowest BCUT2D eigenvalue weighted by molar-refractivity contribution is 0.0746. The average Bonchev–Trinajstić information content (AvgIpc) is 2.73. The van der Waals surface area contributed by atoms with Gasteiger partial charge in [-0.05, 0) is 31.2 Å². The fourth-order valence-corrected chi connectivity index (χ4v) is 4.20. The zero-order chi connectivity index (χ0) is 22.1. The van der Waals surface area contributed by atoms with Crippen molar-refractivity contribution in [1.82, 2.24) is 19.2 Å². The Balaban J connectivity index is 1.67. The number of carbonyl (C=O) groups is 1. The maximum atomic E-state index is 12.9. The van der Waals surface area contributed by atoms with E-state index in [1.807, 2.05) is 13.0 Å². The van der Waals surface area contributed by atoms with Gasteiger partial charge in [0, 0.05) is 63.5 Å². The number of carbonyl (C=O) groups excluding carboxylic acids is 1. The van der Waals surface area contributed by atoms with Crippen molar-refractivity contribution in [3.63, 3.8) is 0 Å². The molecule has 1 aromatic carbocycles. The summed E-state index contributed by atoms with van der Waals surface area (Å²) in [6, 6.07) is 8.10. The molecule has 1 fully saturated rings. The van der Waals surface area contributed by atoms with Crippen molar-refractivity contribution in [1.29, 1.82) is 0 Å². The molecule has 0 radical (unpaired) electrons. The van der Waals surface area contributed by atoms with Crippen molar-refractivity contribution in [3.8, 4) is 0 Å². The topological polar surface area (TPSA) is 86.7 Å². The molecule has 0 aliphatic carbocycles. The van der Waals surface area contributed by atoms with E-state index < -0.39 is 10.0 Å². The van der Waals surface area contributed by atoms with E-state index in [1.54, 1.807) is 17.0 Å². The molecular formula is C21H29N5O3S. The van der Waals surface area contributed by atoms with E-state index in [9.17, 15) is 13.2 Å². The number of hydrogen-bond donors (Lipinski definition) is 0. The third-order valence-corrected chi connectivity index (χ3v) is 6.97. The molecule has 0 atom stereocenters. The molecule has 0 N–H and O–H groups in total. The van der Waals surface area contributed by atoms with E-state index in [0.717, 1.165) is 21.6 Å². The molecule has 0 unspecified atom stereocenters. The summed E-state index contributed by atoms with van der Waals surface area (Å²) in [5.74, 6) is 1.89. The first-order valence-corrected chi connectivity index (χ1v) is 11.5. The molecule has 0 bridgehead atoms. The van der Waals surface area contributed by atoms with Crippen molar-refractivity contribution in [3.05, 3.63) is 47.4 Å². The molecule has 1 aromatic heterocycles. The van der Waals surface area contributed by atoms with Crippen molar-refractivity contribution < 1.29 is 13.2 Å². The van der Waals surface area contributed by atoms with Gasteiger partial charge in [0.1, 0.15) is 11.6 Å². The quantitative estimate of drug-likeness (QED) is 0.721. The Morgan fingerprint density at radius 3 is 2.17 bits per heavy atom. The number of benzene rings is 1. The van der Waals surface area contributed by atoms with Gasteiger partial charge in [0.2, 0.25) is 10.0 Å². The minimum atomic E-state index is -3.51. The van der Waals surface area contributed by atoms with E-state index in [2.05, 4.69) is 28.7 Å². The van der Waals surface area contributed by atoms with Crippen LogP contribution < -0.4 is 4.90 Å². The highest BCUT2D eigenvalue weighted by Crippen LogP contribution is 2.20. The summed E-state index contributed by atoms with van der Waals surface area (Å²) in [5.41, 5.74) is 1.43. The molecule has 1 amide bonds. The summed E-state index contributed by atoms with van der Waals surface area (Å²) >= 11 is 0. The van der Waals surface area contributed by atoms with Gasteiger partial charge in [0.05, 0.1) is 4.90 Å². The van der Waals surface area contributed by atoms with Crippen LogP contribution in [0.15, 0.2) is 35.2 Å². The van der Waals surface area contributed by atoms with Crippen LogP contribution in [0.3, 0.4) is 0 Å². The molecule has 2 aromatic rings. The number of hydrogen-bond acceptors (Lipinski definition) is 6. The largest absolute Gasteiger partial charge is 0.353 e. The Labute approximate surface area is 178 Å². The summed E-state index contributed by atoms with van der Waals surface area (Å²) in [6.07, 6.45) is 0. The van der Waals surface area contributed by atoms with Gasteiger partial charge in [-0.15, -0.1) is 0 Å². The number of anilines is 1. The lowest BCUT2D eigenvalue weighted by Gasteiger charge is -2.35. The smallest absolute Gasteiger partial charge is 0.253 e. The van der Waals surface area contributed by atoms with E-state index >= 15 is 0 Å². The molecule has 162 valence electrons. The fraction of sp³-hybridized carbons (Fsp3) is 0.476. The third kappa shape index (κ3) is 4.62. The maximum absolute atomic E-state index is 12.9. The SMILES string of the molecule is Cc1cc(N2CCN(C(=O)c3ccc(S(=O)(=O)N(C)C)cc3)CC2)nc(C(C)C)n1. The van der Waals surface area contributed by atoms with E-state index in [-0.39, 0.29) is 16.7 Å². The minimum absolute atomic E-state index is 0.0924. The van der Waals surface area contributed by atoms with Crippen molar-refractivity contribution in [2.24, 2.45) is 0 Å². The Morgan fingerprint density at radius 2 is 1.63 bits per heavy atom. The molecule has 1 aliphatic heterocycles. The van der Waals surface area contributed by atoms with E-state index in [0.29, 0.717) is 31.7 Å². The summed E-state index contributed by atoms with van der Waals surface area (Å²) in [6.45, 7) is 8.65. The summed E-state index contributed by atoms with van der Waals surface area (Å²) in [5, 5.41) is 0. The van der Waals surface area contributed by atoms with Gasteiger partial charge in [-0.2, -0.15) is 0 Å². The average molecular weight is 432 g/mol. The van der Waals surface area contributed by atoms with Crippen molar-refractivity contribution >= 4 is 21.7 Å². The molecule has 30 heavy (non-hydrogen) atoms. The second kappa shape index (κ2) is 8.69. The second-order valence-electron chi connectivity index (χ2n) is 7.97. The standard InChI is InChI=1S/C21H29N5O3S/c1-15(2)20-22-16(3)14-19(23-20)25-10-12-26(13-11-25)21(27)17-6-8-18(9-7-17)30(28,29)24(4)5/h6-9,14-15H,10-13H2,1-5H3. The molecule has 0 saturated carbocycles. The predicted molar refractivity (Wildman–Crippen MR) is 116 cm³/mol. The molecule has 8 nitrogen and oxygen atoms in total. The van der Waals surface area contributed by atoms with Gasteiger partial charge in [-0.3, -0.25) is 4.79 Å². The normalized spacial score (nSPS) is 15.2. The molecule has 1 aliphatic rings. The number of nitrogens with zero attached hydrogens (tertiary/aromatic N) is 5. The van der Waals surface area contributed by atoms with Crippen molar-refractivity contribution in [2.75, 3.05) is 45.2 Å². The molecule has 2 heterocycles. The zero-order valence-electron chi connectivity index (χ0n) is 18.2.